The molecule has 7 nitrogen and oxygen atoms in total. The van der Waals surface area contributed by atoms with Crippen LogP contribution in [0.15, 0.2) is 36.5 Å². The lowest BCUT2D eigenvalue weighted by Crippen LogP contribution is -2.43. The summed E-state index contributed by atoms with van der Waals surface area (Å²) in [6.07, 6.45) is -17.5. The molecule has 0 N–H and O–H groups in total. The second-order valence-corrected chi connectivity index (χ2v) is 5.84. The van der Waals surface area contributed by atoms with E-state index < -0.39 is 67.6 Å². The molecule has 1 saturated heterocycles. The highest BCUT2D eigenvalue weighted by Gasteiger charge is 2.64. The molecule has 218 valence electrons. The monoisotopic (exact) mass is 588 g/mol. The van der Waals surface area contributed by atoms with E-state index in [1.54, 1.807) is 0 Å². The lowest BCUT2D eigenvalue weighted by molar-refractivity contribution is -0.333. The summed E-state index contributed by atoms with van der Waals surface area (Å²) >= 11 is 0. The van der Waals surface area contributed by atoms with Crippen LogP contribution in [0, 0.1) is 0 Å². The molecule has 2 atom stereocenters. The van der Waals surface area contributed by atoms with Crippen molar-refractivity contribution in [2.45, 2.75) is 43.9 Å². The molecule has 0 aromatic heterocycles. The van der Waals surface area contributed by atoms with Gasteiger partial charge < -0.3 is 33.2 Å². The van der Waals surface area contributed by atoms with Crippen LogP contribution in [0.4, 0.5) is 65.9 Å². The Labute approximate surface area is 194 Å². The Morgan fingerprint density at radius 2 is 1.54 bits per heavy atom. The fraction of sp³-hybridized carbons (Fsp3) is 0.600. The fourth-order valence-corrected chi connectivity index (χ4v) is 1.45. The summed E-state index contributed by atoms with van der Waals surface area (Å²) in [5, 5.41) is 0. The Hall–Kier alpha value is -3.23. The molecule has 0 radical (unpaired) electrons. The largest absolute Gasteiger partial charge is 0.575 e. The van der Waals surface area contributed by atoms with Crippen LogP contribution in [0.5, 0.6) is 0 Å². The summed E-state index contributed by atoms with van der Waals surface area (Å²) in [5.74, 6) is -9.96. The standard InChI is InChI=1S/C5H2F6O2.C5H5F5O3.C5H4F4O2/c6-2(7)3-12-1-4(8,13-3)5(9,10)11;1-11-3(2-12-4(6)7)13-5(8,9)10;1-4(5(7,8)9)10-2-3(6)11-4/h1H2;2,4H,1H3;2H,1H3/b;3-2+;. The van der Waals surface area contributed by atoms with Gasteiger partial charge >= 0.3 is 61.0 Å². The van der Waals surface area contributed by atoms with Gasteiger partial charge in [-0.25, -0.2) is 0 Å². The summed E-state index contributed by atoms with van der Waals surface area (Å²) in [4.78, 5) is 0. The van der Waals surface area contributed by atoms with Crippen molar-refractivity contribution in [3.63, 3.8) is 0 Å². The second kappa shape index (κ2) is 12.3. The number of hydrogen-bond donors (Lipinski definition) is 0. The Morgan fingerprint density at radius 1 is 1.00 bits per heavy atom. The molecule has 37 heavy (non-hydrogen) atoms. The van der Waals surface area contributed by atoms with Crippen LogP contribution in [-0.2, 0) is 33.2 Å². The minimum Gasteiger partial charge on any atom is -0.466 e. The molecule has 1 fully saturated rings. The summed E-state index contributed by atoms with van der Waals surface area (Å²) in [7, 11) is 0.812. The van der Waals surface area contributed by atoms with Gasteiger partial charge in [0.25, 0.3) is 0 Å². The predicted molar refractivity (Wildman–Crippen MR) is 81.3 cm³/mol. The lowest BCUT2D eigenvalue weighted by atomic mass is 10.3. The summed E-state index contributed by atoms with van der Waals surface area (Å²) in [6, 6.07) is -1.37. The van der Waals surface area contributed by atoms with Gasteiger partial charge in [0.2, 0.25) is 0 Å². The van der Waals surface area contributed by atoms with Crippen molar-refractivity contribution < 1.29 is 99.0 Å². The van der Waals surface area contributed by atoms with E-state index in [-0.39, 0.29) is 12.5 Å². The lowest BCUT2D eigenvalue weighted by Gasteiger charge is -2.24. The summed E-state index contributed by atoms with van der Waals surface area (Å²) < 4.78 is 201. The van der Waals surface area contributed by atoms with Crippen molar-refractivity contribution >= 4 is 0 Å². The molecule has 0 aromatic carbocycles. The average Bonchev–Trinajstić information content (AvgIpc) is 3.29. The van der Waals surface area contributed by atoms with E-state index in [4.69, 9.17) is 0 Å². The summed E-state index contributed by atoms with van der Waals surface area (Å²) in [5.41, 5.74) is 0. The van der Waals surface area contributed by atoms with Gasteiger partial charge in [-0.05, 0) is 0 Å². The first kappa shape index (κ1) is 33.8. The van der Waals surface area contributed by atoms with Crippen molar-refractivity contribution in [3.05, 3.63) is 36.5 Å². The Bertz CT molecular complexity index is 829. The van der Waals surface area contributed by atoms with Crippen LogP contribution < -0.4 is 0 Å². The van der Waals surface area contributed by atoms with E-state index >= 15 is 0 Å². The molecule has 2 aliphatic heterocycles. The predicted octanol–water partition coefficient (Wildman–Crippen LogP) is 6.61. The number of alkyl halides is 12. The highest BCUT2D eigenvalue weighted by atomic mass is 19.4. The molecule has 0 spiro atoms. The van der Waals surface area contributed by atoms with E-state index in [0.29, 0.717) is 6.92 Å². The topological polar surface area (TPSA) is 64.6 Å². The SMILES string of the molecule is CC1(C(F)(F)F)OC=C(F)O1.CO/C(=C\OC(F)F)OC(F)(F)F.FC(F)=C1OCC(F)(C(F)(F)F)O1. The zero-order chi connectivity index (χ0) is 29.5. The highest BCUT2D eigenvalue weighted by molar-refractivity contribution is 4.95. The maximum absolute atomic E-state index is 12.6. The number of rotatable bonds is 4. The molecule has 2 unspecified atom stereocenters. The molecule has 0 aliphatic carbocycles. The first-order valence-electron chi connectivity index (χ1n) is 8.32. The minimum absolute atomic E-state index is 0.0259. The van der Waals surface area contributed by atoms with Gasteiger partial charge in [-0.2, -0.15) is 52.7 Å². The third-order valence-corrected chi connectivity index (χ3v) is 3.09. The van der Waals surface area contributed by atoms with Gasteiger partial charge in [-0.15, -0.1) is 13.2 Å². The van der Waals surface area contributed by atoms with E-state index in [1.807, 2.05) is 0 Å². The van der Waals surface area contributed by atoms with Gasteiger partial charge in [0.1, 0.15) is 0 Å². The van der Waals surface area contributed by atoms with Crippen molar-refractivity contribution in [1.82, 2.24) is 0 Å². The molecule has 0 aromatic rings. The van der Waals surface area contributed by atoms with Crippen LogP contribution in [-0.4, -0.2) is 50.7 Å². The summed E-state index contributed by atoms with van der Waals surface area (Å²) in [6.45, 7) is -4.26. The van der Waals surface area contributed by atoms with Crippen molar-refractivity contribution in [1.29, 1.82) is 0 Å². The third-order valence-electron chi connectivity index (χ3n) is 3.09. The zero-order valence-electron chi connectivity index (χ0n) is 17.5. The Morgan fingerprint density at radius 3 is 1.78 bits per heavy atom. The van der Waals surface area contributed by atoms with Crippen molar-refractivity contribution in [2.75, 3.05) is 13.7 Å². The van der Waals surface area contributed by atoms with Crippen LogP contribution in [0.2, 0.25) is 0 Å². The Balaban J connectivity index is 0.000000527. The van der Waals surface area contributed by atoms with E-state index in [1.165, 1.54) is 0 Å². The van der Waals surface area contributed by atoms with Gasteiger partial charge in [0, 0.05) is 6.92 Å². The highest BCUT2D eigenvalue weighted by Crippen LogP contribution is 2.42. The molecule has 2 aliphatic rings. The molecule has 22 heteroatoms. The van der Waals surface area contributed by atoms with Gasteiger partial charge in [0.05, 0.1) is 7.11 Å². The minimum atomic E-state index is -5.40. The first-order valence-corrected chi connectivity index (χ1v) is 8.32. The van der Waals surface area contributed by atoms with Crippen LogP contribution in [0.25, 0.3) is 0 Å². The smallest absolute Gasteiger partial charge is 0.466 e. The quantitative estimate of drug-likeness (QED) is 0.271. The van der Waals surface area contributed by atoms with Gasteiger partial charge in [-0.1, -0.05) is 0 Å². The van der Waals surface area contributed by atoms with Gasteiger partial charge in [0.15, 0.2) is 19.1 Å². The Kier molecular flexibility index (Phi) is 11.3. The molecular weight excluding hydrogens is 577 g/mol. The average molecular weight is 588 g/mol. The molecule has 2 rings (SSSR count). The number of methoxy groups -OCH3 is 1. The van der Waals surface area contributed by atoms with Crippen molar-refractivity contribution in [2.24, 2.45) is 0 Å². The van der Waals surface area contributed by atoms with Crippen LogP contribution >= 0.6 is 0 Å². The normalized spacial score (nSPS) is 23.7. The van der Waals surface area contributed by atoms with E-state index in [0.717, 1.165) is 7.11 Å². The third kappa shape index (κ3) is 11.1. The second-order valence-electron chi connectivity index (χ2n) is 5.84. The van der Waals surface area contributed by atoms with Gasteiger partial charge in [-0.3, -0.25) is 0 Å². The number of ether oxygens (including phenoxy) is 7. The van der Waals surface area contributed by atoms with Crippen LogP contribution in [0.3, 0.4) is 0 Å². The number of hydrogen-bond acceptors (Lipinski definition) is 7. The molecule has 0 saturated carbocycles. The molecule has 2 heterocycles. The first-order chi connectivity index (χ1) is 16.5. The van der Waals surface area contributed by atoms with E-state index in [9.17, 15) is 65.9 Å². The molecular formula is C15H11F15O7. The number of halogens is 15. The maximum atomic E-state index is 12.6. The molecule has 0 bridgehead atoms. The maximum Gasteiger partial charge on any atom is 0.575 e. The van der Waals surface area contributed by atoms with E-state index in [2.05, 4.69) is 33.2 Å². The van der Waals surface area contributed by atoms with Crippen LogP contribution in [0.1, 0.15) is 6.92 Å². The fourth-order valence-electron chi connectivity index (χ4n) is 1.45. The molecule has 0 amide bonds. The van der Waals surface area contributed by atoms with Crippen molar-refractivity contribution in [3.8, 4) is 0 Å². The zero-order valence-corrected chi connectivity index (χ0v) is 17.5.